The Morgan fingerprint density at radius 1 is 0.436 bits per heavy atom. The smallest absolute Gasteiger partial charge is 0.268 e. The molecule has 6 nitrogen and oxygen atoms in total. The van der Waals surface area contributed by atoms with Crippen LogP contribution in [-0.2, 0) is 31.9 Å². The second-order valence-corrected chi connectivity index (χ2v) is 29.2. The van der Waals surface area contributed by atoms with Crippen molar-refractivity contribution in [2.24, 2.45) is 0 Å². The van der Waals surface area contributed by atoms with Crippen LogP contribution < -0.4 is 30.1 Å². The molecule has 0 amide bonds. The van der Waals surface area contributed by atoms with Gasteiger partial charge in [-0.2, -0.15) is 18.2 Å². The fraction of sp³-hybridized carbons (Fsp3) is 0.0930. The molecule has 0 fully saturated rings. The van der Waals surface area contributed by atoms with E-state index in [0.29, 0.717) is 50.7 Å². The second kappa shape index (κ2) is 22.7. The summed E-state index contributed by atoms with van der Waals surface area (Å²) in [4.78, 5) is 4.91. The molecule has 1 aliphatic rings. The summed E-state index contributed by atoms with van der Waals surface area (Å²) in [7, 11) is -5.85. The van der Waals surface area contributed by atoms with Crippen molar-refractivity contribution in [3.05, 3.63) is 314 Å². The zero-order valence-corrected chi connectivity index (χ0v) is 55.2. The molecule has 8 heteroatoms. The Morgan fingerprint density at radius 2 is 0.947 bits per heavy atom. The Bertz CT molecular complexity index is 6300. The predicted molar refractivity (Wildman–Crippen MR) is 385 cm³/mol. The normalized spacial score (nSPS) is 14.5. The SMILES string of the molecule is [2H]c1c([2H])c([2H])c([Si](c2cc3c4c(c2)n(-c2[c-]c(Oc5[c-]c6c(cc5)c5ccccc5n6-c5cc(C(C)(C)C)ccn5)ccc2)[c-][n+]4-c2c(cc(C(C)(C)C)cc2-n2c4ccccc4c4ccccc42)-c2ccccc2-c2ccccc2-3)(c2c([2H])c([2H])c([2H])c([2H])c2[2H])c2c([2H])c([2H])c([2H])c([2H])c2[2H])c([2H])c1[2H].[Pt]. The third-order valence-corrected chi connectivity index (χ3v) is 22.3. The van der Waals surface area contributed by atoms with Gasteiger partial charge in [0.05, 0.1) is 54.0 Å². The van der Waals surface area contributed by atoms with Gasteiger partial charge in [0.1, 0.15) is 5.82 Å². The van der Waals surface area contributed by atoms with Crippen molar-refractivity contribution in [2.45, 2.75) is 52.4 Å². The molecule has 1 aliphatic heterocycles. The average molecular weight is 1420 g/mol. The molecule has 12 aromatic carbocycles. The molecule has 0 N–H and O–H groups in total. The summed E-state index contributed by atoms with van der Waals surface area (Å²) >= 11 is 0. The van der Waals surface area contributed by atoms with Gasteiger partial charge in [0.2, 0.25) is 0 Å². The largest absolute Gasteiger partial charge is 0.510 e. The first-order valence-electron chi connectivity index (χ1n) is 38.4. The number of pyridine rings is 1. The molecule has 0 saturated carbocycles. The molecule has 0 radical (unpaired) electrons. The van der Waals surface area contributed by atoms with Crippen molar-refractivity contribution < 1.29 is 50.9 Å². The monoisotopic (exact) mass is 1420 g/mol. The standard InChI is InChI=1S/C86H65N5OSi.Pt/c1-85(2,3)57-47-48-87-82(51-57)91-78-44-25-22-41-72(78)73-46-45-61(53-79(73)91)92-60-28-26-27-59(52-60)88-56-89-83-75(54-65(55-80(83)88)93(62-29-10-7-11-30-62,63-31-12-8-13-32-63)64-33-14-9-15-34-64)69-38-19-17-36-67(69)66-35-16-18-37-68(66)74-49-58(86(4,5)6)50-81(84(74)89)90-76-42-23-20-39-70(76)71-40-21-24-43-77(71)90;/h7-51,54-55H,1-6H3;/q-2;/i7D,8D,9D,10D,11D,12D,13D,14D,15D,29D,30D,31D,32D,33D,34D;. The molecule has 0 unspecified atom stereocenters. The number of benzene rings is 12. The molecular weight excluding hydrogens is 1340 g/mol. The van der Waals surface area contributed by atoms with Crippen molar-refractivity contribution in [1.82, 2.24) is 18.7 Å². The number of para-hydroxylation sites is 3. The summed E-state index contributed by atoms with van der Waals surface area (Å²) in [6.07, 6.45) is 5.70. The van der Waals surface area contributed by atoms with Gasteiger partial charge in [-0.15, -0.1) is 29.7 Å². The molecule has 94 heavy (non-hydrogen) atoms. The van der Waals surface area contributed by atoms with Crippen LogP contribution in [0.2, 0.25) is 0 Å². The molecule has 4 aromatic heterocycles. The van der Waals surface area contributed by atoms with E-state index in [2.05, 4.69) is 124 Å². The first-order chi connectivity index (χ1) is 51.6. The van der Waals surface area contributed by atoms with E-state index < -0.39 is 120 Å². The summed E-state index contributed by atoms with van der Waals surface area (Å²) in [5, 5.41) is 1.89. The molecule has 0 aliphatic carbocycles. The number of aromatic nitrogens is 5. The Morgan fingerprint density at radius 3 is 1.52 bits per heavy atom. The fourth-order valence-corrected chi connectivity index (χ4v) is 17.6. The molecule has 0 saturated heterocycles. The van der Waals surface area contributed by atoms with Gasteiger partial charge in [-0.3, -0.25) is 4.57 Å². The van der Waals surface area contributed by atoms with Crippen LogP contribution in [-0.4, -0.2) is 26.8 Å². The summed E-state index contributed by atoms with van der Waals surface area (Å²) in [5.41, 5.74) is 11.1. The number of nitrogens with zero attached hydrogens (tertiary/aromatic N) is 5. The van der Waals surface area contributed by atoms with E-state index in [1.54, 1.807) is 34.9 Å². The summed E-state index contributed by atoms with van der Waals surface area (Å²) in [6.45, 7) is 13.0. The minimum absolute atomic E-state index is 0. The second-order valence-electron chi connectivity index (χ2n) is 25.6. The Hall–Kier alpha value is -10.4. The minimum atomic E-state index is -5.85. The van der Waals surface area contributed by atoms with Crippen LogP contribution in [0.15, 0.2) is 285 Å². The zero-order valence-electron chi connectivity index (χ0n) is 66.9. The Balaban J connectivity index is 0.00000904. The molecule has 5 heterocycles. The number of ether oxygens (including phenoxy) is 1. The van der Waals surface area contributed by atoms with E-state index in [4.69, 9.17) is 13.8 Å². The van der Waals surface area contributed by atoms with Gasteiger partial charge in [-0.25, -0.2) is 4.98 Å². The van der Waals surface area contributed by atoms with E-state index in [0.717, 1.165) is 71.6 Å². The van der Waals surface area contributed by atoms with Gasteiger partial charge < -0.3 is 18.4 Å². The third kappa shape index (κ3) is 9.38. The van der Waals surface area contributed by atoms with Crippen LogP contribution in [0.3, 0.4) is 0 Å². The first-order valence-corrected chi connectivity index (χ1v) is 32.9. The van der Waals surface area contributed by atoms with E-state index in [1.807, 2.05) is 114 Å². The van der Waals surface area contributed by atoms with Gasteiger partial charge in [-0.05, 0) is 124 Å². The number of hydrogen-bond donors (Lipinski definition) is 0. The topological polar surface area (TPSA) is 40.8 Å². The van der Waals surface area contributed by atoms with E-state index in [-0.39, 0.29) is 42.9 Å². The molecule has 0 atom stereocenters. The van der Waals surface area contributed by atoms with Crippen molar-refractivity contribution in [2.75, 3.05) is 0 Å². The Labute approximate surface area is 584 Å². The van der Waals surface area contributed by atoms with Gasteiger partial charge in [-0.1, -0.05) is 259 Å². The molecule has 17 rings (SSSR count). The molecule has 0 spiro atoms. The average Bonchev–Trinajstić information content (AvgIpc) is 1.47. The fourth-order valence-electron chi connectivity index (χ4n) is 13.8. The van der Waals surface area contributed by atoms with Crippen LogP contribution >= 0.6 is 0 Å². The quantitative estimate of drug-likeness (QED) is 0.0625. The van der Waals surface area contributed by atoms with Crippen molar-refractivity contribution in [3.8, 4) is 67.8 Å². The molecule has 16 aromatic rings. The first kappa shape index (κ1) is 44.2. The maximum absolute atomic E-state index is 10.2. The maximum Gasteiger partial charge on any atom is 0.268 e. The van der Waals surface area contributed by atoms with Crippen molar-refractivity contribution in [1.29, 1.82) is 0 Å². The maximum atomic E-state index is 10.2. The summed E-state index contributed by atoms with van der Waals surface area (Å²) < 4.78 is 160. The Kier molecular flexibility index (Phi) is 10.7. The summed E-state index contributed by atoms with van der Waals surface area (Å²) in [6, 6.07) is 55.4. The summed E-state index contributed by atoms with van der Waals surface area (Å²) in [5.74, 6) is 1.24. The molecular formula is C86H65N5OPtSi-2. The van der Waals surface area contributed by atoms with E-state index >= 15 is 0 Å². The van der Waals surface area contributed by atoms with E-state index in [9.17, 15) is 16.4 Å². The molecule has 0 bridgehead atoms. The van der Waals surface area contributed by atoms with Crippen molar-refractivity contribution in [3.63, 3.8) is 0 Å². The van der Waals surface area contributed by atoms with E-state index in [1.165, 1.54) is 0 Å². The molecule has 456 valence electrons. The minimum Gasteiger partial charge on any atom is -0.510 e. The van der Waals surface area contributed by atoms with Gasteiger partial charge in [0.25, 0.3) is 6.33 Å². The number of fused-ring (bicyclic) bond motifs is 13. The van der Waals surface area contributed by atoms with Crippen LogP contribution in [0.25, 0.3) is 111 Å². The third-order valence-electron chi connectivity index (χ3n) is 18.1. The van der Waals surface area contributed by atoms with Crippen molar-refractivity contribution >= 4 is 83.5 Å². The van der Waals surface area contributed by atoms with Gasteiger partial charge in [0.15, 0.2) is 8.07 Å². The number of hydrogen-bond acceptors (Lipinski definition) is 2. The predicted octanol–water partition coefficient (Wildman–Crippen LogP) is 18.0. The number of imidazole rings is 1. The number of rotatable bonds is 9. The van der Waals surface area contributed by atoms with Crippen LogP contribution in [0.1, 0.15) is 73.2 Å². The zero-order chi connectivity index (χ0) is 75.8. The van der Waals surface area contributed by atoms with Gasteiger partial charge >= 0.3 is 0 Å². The van der Waals surface area contributed by atoms with Crippen LogP contribution in [0.4, 0.5) is 0 Å². The van der Waals surface area contributed by atoms with Crippen LogP contribution in [0, 0.1) is 18.5 Å². The van der Waals surface area contributed by atoms with Gasteiger partial charge in [0, 0.05) is 55.1 Å². The van der Waals surface area contributed by atoms with Crippen LogP contribution in [0.5, 0.6) is 11.5 Å².